The number of thiol groups is 1. The quantitative estimate of drug-likeness (QED) is 0.783. The van der Waals surface area contributed by atoms with Crippen LogP contribution in [-0.2, 0) is 5.41 Å². The summed E-state index contributed by atoms with van der Waals surface area (Å²) in [6, 6.07) is 1.99. The van der Waals surface area contributed by atoms with Crippen molar-refractivity contribution in [3.63, 3.8) is 0 Å². The predicted octanol–water partition coefficient (Wildman–Crippen LogP) is 1.96. The van der Waals surface area contributed by atoms with E-state index in [9.17, 15) is 0 Å². The molecule has 0 radical (unpaired) electrons. The minimum Gasteiger partial charge on any atom is -0.259 e. The monoisotopic (exact) mass is 224 g/mol. The minimum atomic E-state index is -0.00153. The lowest BCUT2D eigenvalue weighted by Crippen LogP contribution is -2.22. The maximum absolute atomic E-state index is 4.42. The van der Waals surface area contributed by atoms with Gasteiger partial charge in [0.25, 0.3) is 0 Å². The van der Waals surface area contributed by atoms with Gasteiger partial charge in [0.05, 0.1) is 5.69 Å². The van der Waals surface area contributed by atoms with E-state index in [1.165, 1.54) is 0 Å². The lowest BCUT2D eigenvalue weighted by atomic mass is 9.89. The molecule has 0 aliphatic rings. The van der Waals surface area contributed by atoms with Crippen molar-refractivity contribution >= 4 is 18.3 Å². The molecule has 0 aromatic carbocycles. The third-order valence-corrected chi connectivity index (χ3v) is 2.87. The van der Waals surface area contributed by atoms with Crippen LogP contribution in [0.1, 0.15) is 31.8 Å². The van der Waals surface area contributed by atoms with E-state index in [2.05, 4.69) is 41.8 Å². The first-order valence-corrected chi connectivity index (χ1v) is 5.70. The maximum atomic E-state index is 4.42. The Kier molecular flexibility index (Phi) is 2.50. The van der Waals surface area contributed by atoms with Gasteiger partial charge in [0, 0.05) is 11.5 Å². The van der Waals surface area contributed by atoms with Crippen molar-refractivity contribution in [3.05, 3.63) is 17.6 Å². The van der Waals surface area contributed by atoms with E-state index in [0.717, 1.165) is 29.3 Å². The zero-order valence-electron chi connectivity index (χ0n) is 9.28. The van der Waals surface area contributed by atoms with Crippen LogP contribution in [0.25, 0.3) is 5.65 Å². The molecule has 4 nitrogen and oxygen atoms in total. The van der Waals surface area contributed by atoms with Crippen LogP contribution in [0.15, 0.2) is 6.07 Å². The highest BCUT2D eigenvalue weighted by Gasteiger charge is 2.26. The summed E-state index contributed by atoms with van der Waals surface area (Å²) in [6.07, 6.45) is 0.981. The Morgan fingerprint density at radius 2 is 2.27 bits per heavy atom. The van der Waals surface area contributed by atoms with Gasteiger partial charge < -0.3 is 0 Å². The van der Waals surface area contributed by atoms with Crippen molar-refractivity contribution in [3.8, 4) is 0 Å². The van der Waals surface area contributed by atoms with Gasteiger partial charge in [-0.3, -0.25) is 5.10 Å². The predicted molar refractivity (Wildman–Crippen MR) is 63.6 cm³/mol. The standard InChI is InChI=1S/C10H16N4S/c1-7-6-8-11-12-9(14(8)13-7)10(2,3)4-5-15/h6,11,15H,4-5H2,1-3H3. The van der Waals surface area contributed by atoms with Gasteiger partial charge in [-0.15, -0.1) is 0 Å². The van der Waals surface area contributed by atoms with Gasteiger partial charge in [0.1, 0.15) is 0 Å². The zero-order valence-corrected chi connectivity index (χ0v) is 10.2. The van der Waals surface area contributed by atoms with Gasteiger partial charge in [0.2, 0.25) is 0 Å². The molecule has 0 atom stereocenters. The molecule has 0 amide bonds. The lowest BCUT2D eigenvalue weighted by Gasteiger charge is -2.20. The molecule has 2 aromatic heterocycles. The van der Waals surface area contributed by atoms with Crippen molar-refractivity contribution in [2.24, 2.45) is 0 Å². The summed E-state index contributed by atoms with van der Waals surface area (Å²) in [5.74, 6) is 1.82. The second-order valence-corrected chi connectivity index (χ2v) is 4.93. The summed E-state index contributed by atoms with van der Waals surface area (Å²) >= 11 is 4.28. The van der Waals surface area contributed by atoms with Gasteiger partial charge in [-0.2, -0.15) is 27.3 Å². The molecule has 15 heavy (non-hydrogen) atoms. The molecule has 0 bridgehead atoms. The van der Waals surface area contributed by atoms with E-state index >= 15 is 0 Å². The Hall–Kier alpha value is -0.970. The SMILES string of the molecule is Cc1cc2[nH]nc(C(C)(C)CCS)n2n1. The van der Waals surface area contributed by atoms with Gasteiger partial charge >= 0.3 is 0 Å². The molecule has 0 spiro atoms. The number of H-pyrrole nitrogens is 1. The van der Waals surface area contributed by atoms with Crippen molar-refractivity contribution in [2.45, 2.75) is 32.6 Å². The van der Waals surface area contributed by atoms with Crippen LogP contribution in [0.4, 0.5) is 0 Å². The summed E-state index contributed by atoms with van der Waals surface area (Å²) in [4.78, 5) is 0. The third kappa shape index (κ3) is 1.76. The Morgan fingerprint density at radius 1 is 1.53 bits per heavy atom. The normalized spacial score (nSPS) is 12.5. The van der Waals surface area contributed by atoms with E-state index in [1.54, 1.807) is 0 Å². The van der Waals surface area contributed by atoms with Crippen molar-refractivity contribution in [1.82, 2.24) is 19.8 Å². The first-order chi connectivity index (χ1) is 7.04. The second-order valence-electron chi connectivity index (χ2n) is 4.49. The fraction of sp³-hybridized carbons (Fsp3) is 0.600. The van der Waals surface area contributed by atoms with Gasteiger partial charge in [-0.05, 0) is 19.1 Å². The Bertz CT molecular complexity index is 469. The highest BCUT2D eigenvalue weighted by Crippen LogP contribution is 2.26. The molecule has 2 aromatic rings. The van der Waals surface area contributed by atoms with E-state index in [0.29, 0.717) is 0 Å². The van der Waals surface area contributed by atoms with Crippen LogP contribution >= 0.6 is 12.6 Å². The topological polar surface area (TPSA) is 46.0 Å². The molecule has 82 valence electrons. The highest BCUT2D eigenvalue weighted by molar-refractivity contribution is 7.80. The average molecular weight is 224 g/mol. The molecule has 2 rings (SSSR count). The van der Waals surface area contributed by atoms with E-state index in [4.69, 9.17) is 0 Å². The molecule has 1 N–H and O–H groups in total. The Balaban J connectivity index is 2.50. The van der Waals surface area contributed by atoms with Crippen molar-refractivity contribution in [2.75, 3.05) is 5.75 Å². The summed E-state index contributed by atoms with van der Waals surface area (Å²) in [5.41, 5.74) is 1.96. The van der Waals surface area contributed by atoms with Crippen LogP contribution in [0.3, 0.4) is 0 Å². The third-order valence-electron chi connectivity index (χ3n) is 2.65. The number of fused-ring (bicyclic) bond motifs is 1. The van der Waals surface area contributed by atoms with Crippen LogP contribution in [0, 0.1) is 6.92 Å². The number of hydrogen-bond acceptors (Lipinski definition) is 3. The second kappa shape index (κ2) is 3.56. The molecule has 0 saturated carbocycles. The lowest BCUT2D eigenvalue weighted by molar-refractivity contribution is 0.464. The molecular weight excluding hydrogens is 208 g/mol. The van der Waals surface area contributed by atoms with Gasteiger partial charge in [0.15, 0.2) is 11.5 Å². The summed E-state index contributed by atoms with van der Waals surface area (Å²) in [7, 11) is 0. The average Bonchev–Trinajstić information content (AvgIpc) is 2.61. The zero-order chi connectivity index (χ0) is 11.1. The van der Waals surface area contributed by atoms with Crippen LogP contribution < -0.4 is 0 Å². The van der Waals surface area contributed by atoms with Crippen LogP contribution in [0.5, 0.6) is 0 Å². The number of hydrogen-bond donors (Lipinski definition) is 2. The fourth-order valence-electron chi connectivity index (χ4n) is 1.73. The molecule has 0 fully saturated rings. The summed E-state index contributed by atoms with van der Waals surface area (Å²) < 4.78 is 1.89. The number of aromatic amines is 1. The molecule has 0 saturated heterocycles. The number of rotatable bonds is 3. The largest absolute Gasteiger partial charge is 0.259 e. The number of aromatic nitrogens is 4. The van der Waals surface area contributed by atoms with E-state index in [-0.39, 0.29) is 5.41 Å². The van der Waals surface area contributed by atoms with Crippen LogP contribution in [-0.4, -0.2) is 25.6 Å². The smallest absolute Gasteiger partial charge is 0.158 e. The number of nitrogens with zero attached hydrogens (tertiary/aromatic N) is 3. The fourth-order valence-corrected chi connectivity index (χ4v) is 2.29. The number of aryl methyl sites for hydroxylation is 1. The number of nitrogens with one attached hydrogen (secondary N) is 1. The van der Waals surface area contributed by atoms with E-state index in [1.807, 2.05) is 17.5 Å². The van der Waals surface area contributed by atoms with Gasteiger partial charge in [-0.1, -0.05) is 13.8 Å². The first-order valence-electron chi connectivity index (χ1n) is 5.07. The highest BCUT2D eigenvalue weighted by atomic mass is 32.1. The van der Waals surface area contributed by atoms with Gasteiger partial charge in [-0.25, -0.2) is 0 Å². The van der Waals surface area contributed by atoms with E-state index < -0.39 is 0 Å². The molecular formula is C10H16N4S. The molecule has 0 aliphatic heterocycles. The first kappa shape index (κ1) is 10.5. The van der Waals surface area contributed by atoms with Crippen molar-refractivity contribution < 1.29 is 0 Å². The van der Waals surface area contributed by atoms with Crippen molar-refractivity contribution in [1.29, 1.82) is 0 Å². The summed E-state index contributed by atoms with van der Waals surface area (Å²) in [5, 5.41) is 11.7. The summed E-state index contributed by atoms with van der Waals surface area (Å²) in [6.45, 7) is 6.31. The molecule has 0 unspecified atom stereocenters. The molecule has 2 heterocycles. The molecule has 0 aliphatic carbocycles. The molecule has 5 heteroatoms. The Morgan fingerprint density at radius 3 is 2.93 bits per heavy atom. The Labute approximate surface area is 94.5 Å². The van der Waals surface area contributed by atoms with Crippen LogP contribution in [0.2, 0.25) is 0 Å². The minimum absolute atomic E-state index is 0.00153. The maximum Gasteiger partial charge on any atom is 0.158 e.